The second-order valence-corrected chi connectivity index (χ2v) is 6.55. The Balaban J connectivity index is 1.64. The normalized spacial score (nSPS) is 16.7. The lowest BCUT2D eigenvalue weighted by Crippen LogP contribution is -2.38. The molecule has 1 heterocycles. The van der Waals surface area contributed by atoms with E-state index in [1.165, 1.54) is 43.5 Å². The molecule has 128 valence electrons. The minimum Gasteiger partial charge on any atom is -0.497 e. The Labute approximate surface area is 145 Å². The molecule has 0 spiro atoms. The molecule has 0 saturated carbocycles. The van der Waals surface area contributed by atoms with Gasteiger partial charge in [0.25, 0.3) is 0 Å². The van der Waals surface area contributed by atoms with Crippen molar-refractivity contribution in [2.75, 3.05) is 26.7 Å². The quantitative estimate of drug-likeness (QED) is 0.833. The topological polar surface area (TPSA) is 24.5 Å². The molecule has 3 heteroatoms. The fourth-order valence-corrected chi connectivity index (χ4v) is 3.36. The van der Waals surface area contributed by atoms with E-state index in [2.05, 4.69) is 52.7 Å². The van der Waals surface area contributed by atoms with Gasteiger partial charge in [-0.3, -0.25) is 0 Å². The summed E-state index contributed by atoms with van der Waals surface area (Å²) in [4.78, 5) is 2.60. The largest absolute Gasteiger partial charge is 0.497 e. The maximum absolute atomic E-state index is 5.24. The summed E-state index contributed by atoms with van der Waals surface area (Å²) in [5.41, 5.74) is 2.66. The van der Waals surface area contributed by atoms with Crippen LogP contribution in [-0.4, -0.2) is 31.6 Å². The van der Waals surface area contributed by atoms with Gasteiger partial charge in [0.1, 0.15) is 5.75 Å². The van der Waals surface area contributed by atoms with Gasteiger partial charge in [0.15, 0.2) is 0 Å². The summed E-state index contributed by atoms with van der Waals surface area (Å²) >= 11 is 0. The number of likely N-dealkylation sites (tertiary alicyclic amines) is 1. The zero-order chi connectivity index (χ0) is 16.6. The molecular formula is C21H28N2O. The van der Waals surface area contributed by atoms with Crippen molar-refractivity contribution in [2.24, 2.45) is 0 Å². The van der Waals surface area contributed by atoms with Crippen LogP contribution in [0.4, 0.5) is 0 Å². The van der Waals surface area contributed by atoms with Gasteiger partial charge in [-0.15, -0.1) is 0 Å². The predicted octanol–water partition coefficient (Wildman–Crippen LogP) is 4.01. The van der Waals surface area contributed by atoms with Gasteiger partial charge < -0.3 is 15.0 Å². The first-order valence-corrected chi connectivity index (χ1v) is 8.99. The van der Waals surface area contributed by atoms with E-state index in [4.69, 9.17) is 4.74 Å². The second kappa shape index (κ2) is 8.86. The van der Waals surface area contributed by atoms with Gasteiger partial charge >= 0.3 is 0 Å². The van der Waals surface area contributed by atoms with Crippen LogP contribution in [0.3, 0.4) is 0 Å². The van der Waals surface area contributed by atoms with Gasteiger partial charge in [-0.2, -0.15) is 0 Å². The fourth-order valence-electron chi connectivity index (χ4n) is 3.36. The molecule has 0 bridgehead atoms. The lowest BCUT2D eigenvalue weighted by atomic mass is 10.0. The maximum atomic E-state index is 5.24. The minimum atomic E-state index is 0.367. The third-order valence-electron chi connectivity index (χ3n) is 4.80. The molecule has 3 rings (SSSR count). The van der Waals surface area contributed by atoms with Crippen LogP contribution in [0.2, 0.25) is 0 Å². The Morgan fingerprint density at radius 2 is 1.67 bits per heavy atom. The third kappa shape index (κ3) is 4.83. The SMILES string of the molecule is COc1ccc(CNC(CN2CCCCC2)c2ccccc2)cc1. The Bertz CT molecular complexity index is 591. The van der Waals surface area contributed by atoms with E-state index in [0.717, 1.165) is 18.8 Å². The van der Waals surface area contributed by atoms with E-state index in [1.54, 1.807) is 7.11 Å². The van der Waals surface area contributed by atoms with Crippen molar-refractivity contribution in [3.05, 3.63) is 65.7 Å². The molecule has 3 nitrogen and oxygen atoms in total. The molecular weight excluding hydrogens is 296 g/mol. The van der Waals surface area contributed by atoms with Crippen molar-refractivity contribution in [3.8, 4) is 5.75 Å². The summed E-state index contributed by atoms with van der Waals surface area (Å²) in [7, 11) is 1.71. The number of nitrogens with zero attached hydrogens (tertiary/aromatic N) is 1. The Kier molecular flexibility index (Phi) is 6.27. The fraction of sp³-hybridized carbons (Fsp3) is 0.429. The van der Waals surface area contributed by atoms with Gasteiger partial charge in [0, 0.05) is 19.1 Å². The molecule has 1 N–H and O–H groups in total. The van der Waals surface area contributed by atoms with Crippen LogP contribution in [0, 0.1) is 0 Å². The molecule has 0 aliphatic carbocycles. The Morgan fingerprint density at radius 3 is 2.33 bits per heavy atom. The van der Waals surface area contributed by atoms with Crippen LogP contribution in [0.25, 0.3) is 0 Å². The predicted molar refractivity (Wildman–Crippen MR) is 99.3 cm³/mol. The van der Waals surface area contributed by atoms with E-state index in [9.17, 15) is 0 Å². The zero-order valence-electron chi connectivity index (χ0n) is 14.6. The molecule has 1 saturated heterocycles. The number of nitrogens with one attached hydrogen (secondary N) is 1. The molecule has 1 aliphatic rings. The van der Waals surface area contributed by atoms with E-state index < -0.39 is 0 Å². The molecule has 2 aromatic carbocycles. The number of methoxy groups -OCH3 is 1. The molecule has 0 aromatic heterocycles. The number of piperidine rings is 1. The molecule has 2 aromatic rings. The van der Waals surface area contributed by atoms with Crippen LogP contribution in [-0.2, 0) is 6.54 Å². The first kappa shape index (κ1) is 17.0. The van der Waals surface area contributed by atoms with Crippen molar-refractivity contribution in [1.82, 2.24) is 10.2 Å². The van der Waals surface area contributed by atoms with Crippen LogP contribution in [0.5, 0.6) is 5.75 Å². The highest BCUT2D eigenvalue weighted by molar-refractivity contribution is 5.27. The number of hydrogen-bond acceptors (Lipinski definition) is 3. The standard InChI is InChI=1S/C21H28N2O/c1-24-20-12-10-18(11-13-20)16-22-21(19-8-4-2-5-9-19)17-23-14-6-3-7-15-23/h2,4-5,8-13,21-22H,3,6-7,14-17H2,1H3. The van der Waals surface area contributed by atoms with Crippen molar-refractivity contribution in [2.45, 2.75) is 31.8 Å². The van der Waals surface area contributed by atoms with Crippen LogP contribution in [0.1, 0.15) is 36.4 Å². The van der Waals surface area contributed by atoms with Crippen LogP contribution >= 0.6 is 0 Å². The van der Waals surface area contributed by atoms with Crippen LogP contribution in [0.15, 0.2) is 54.6 Å². The Morgan fingerprint density at radius 1 is 0.958 bits per heavy atom. The van der Waals surface area contributed by atoms with Gasteiger partial charge in [-0.05, 0) is 49.2 Å². The Hall–Kier alpha value is -1.84. The van der Waals surface area contributed by atoms with E-state index in [-0.39, 0.29) is 0 Å². The number of benzene rings is 2. The molecule has 1 unspecified atom stereocenters. The van der Waals surface area contributed by atoms with E-state index >= 15 is 0 Å². The van der Waals surface area contributed by atoms with E-state index in [1.807, 2.05) is 12.1 Å². The van der Waals surface area contributed by atoms with Gasteiger partial charge in [-0.25, -0.2) is 0 Å². The smallest absolute Gasteiger partial charge is 0.118 e. The molecule has 1 atom stereocenters. The van der Waals surface area contributed by atoms with Crippen molar-refractivity contribution >= 4 is 0 Å². The van der Waals surface area contributed by atoms with E-state index in [0.29, 0.717) is 6.04 Å². The third-order valence-corrected chi connectivity index (χ3v) is 4.80. The van der Waals surface area contributed by atoms with Gasteiger partial charge in [0.05, 0.1) is 7.11 Å². The first-order valence-electron chi connectivity index (χ1n) is 8.99. The monoisotopic (exact) mass is 324 g/mol. The highest BCUT2D eigenvalue weighted by Gasteiger charge is 2.17. The highest BCUT2D eigenvalue weighted by atomic mass is 16.5. The van der Waals surface area contributed by atoms with Gasteiger partial charge in [-0.1, -0.05) is 48.9 Å². The highest BCUT2D eigenvalue weighted by Crippen LogP contribution is 2.19. The number of rotatable bonds is 7. The second-order valence-electron chi connectivity index (χ2n) is 6.55. The zero-order valence-corrected chi connectivity index (χ0v) is 14.6. The summed E-state index contributed by atoms with van der Waals surface area (Å²) in [5, 5.41) is 3.75. The molecule has 0 amide bonds. The van der Waals surface area contributed by atoms with Crippen molar-refractivity contribution in [3.63, 3.8) is 0 Å². The molecule has 1 fully saturated rings. The van der Waals surface area contributed by atoms with Crippen molar-refractivity contribution < 1.29 is 4.74 Å². The summed E-state index contributed by atoms with van der Waals surface area (Å²) in [6.07, 6.45) is 4.05. The van der Waals surface area contributed by atoms with Crippen LogP contribution < -0.4 is 10.1 Å². The molecule has 0 radical (unpaired) electrons. The number of ether oxygens (including phenoxy) is 1. The molecule has 24 heavy (non-hydrogen) atoms. The first-order chi connectivity index (χ1) is 11.8. The summed E-state index contributed by atoms with van der Waals surface area (Å²) in [6.45, 7) is 4.42. The summed E-state index contributed by atoms with van der Waals surface area (Å²) in [6, 6.07) is 19.5. The lowest BCUT2D eigenvalue weighted by molar-refractivity contribution is 0.204. The minimum absolute atomic E-state index is 0.367. The van der Waals surface area contributed by atoms with Gasteiger partial charge in [0.2, 0.25) is 0 Å². The average Bonchev–Trinajstić information content (AvgIpc) is 2.67. The average molecular weight is 324 g/mol. The molecule has 1 aliphatic heterocycles. The summed E-state index contributed by atoms with van der Waals surface area (Å²) in [5.74, 6) is 0.909. The van der Waals surface area contributed by atoms with Crippen molar-refractivity contribution in [1.29, 1.82) is 0 Å². The lowest BCUT2D eigenvalue weighted by Gasteiger charge is -2.31. The number of hydrogen-bond donors (Lipinski definition) is 1. The summed E-state index contributed by atoms with van der Waals surface area (Å²) < 4.78 is 5.24. The maximum Gasteiger partial charge on any atom is 0.118 e.